The van der Waals surface area contributed by atoms with Gasteiger partial charge in [-0.2, -0.15) is 0 Å². The molecule has 2 N–H and O–H groups in total. The highest BCUT2D eigenvalue weighted by atomic mass is 79.9. The fourth-order valence-electron chi connectivity index (χ4n) is 1.60. The number of carbonyl (C=O) groups excluding carboxylic acids is 1. The first kappa shape index (κ1) is 14.3. The Hall–Kier alpha value is -2.08. The van der Waals surface area contributed by atoms with E-state index in [0.717, 1.165) is 4.47 Å². The molecule has 0 saturated heterocycles. The first-order valence-corrected chi connectivity index (χ1v) is 6.72. The highest BCUT2D eigenvalue weighted by Crippen LogP contribution is 2.27. The number of aromatic nitrogens is 1. The first-order valence-electron chi connectivity index (χ1n) is 5.92. The lowest BCUT2D eigenvalue weighted by molar-refractivity contribution is 0.102. The Morgan fingerprint density at radius 3 is 2.70 bits per heavy atom. The summed E-state index contributed by atoms with van der Waals surface area (Å²) in [7, 11) is 3.35. The average Bonchev–Trinajstić information content (AvgIpc) is 2.49. The fraction of sp³-hybridized carbons (Fsp3) is 0.143. The second-order valence-corrected chi connectivity index (χ2v) is 4.84. The smallest absolute Gasteiger partial charge is 0.257 e. The fourth-order valence-corrected chi connectivity index (χ4v) is 1.94. The number of pyridine rings is 1. The van der Waals surface area contributed by atoms with E-state index in [1.54, 1.807) is 32.4 Å². The second kappa shape index (κ2) is 6.38. The van der Waals surface area contributed by atoms with E-state index in [9.17, 15) is 4.79 Å². The summed E-state index contributed by atoms with van der Waals surface area (Å²) in [5.74, 6) is 1.16. The van der Waals surface area contributed by atoms with Crippen LogP contribution in [0.4, 0.5) is 11.5 Å². The van der Waals surface area contributed by atoms with Crippen LogP contribution in [0, 0.1) is 0 Å². The van der Waals surface area contributed by atoms with E-state index < -0.39 is 0 Å². The van der Waals surface area contributed by atoms with Gasteiger partial charge in [0, 0.05) is 23.8 Å². The molecule has 0 aliphatic carbocycles. The van der Waals surface area contributed by atoms with Crippen molar-refractivity contribution < 1.29 is 9.53 Å². The van der Waals surface area contributed by atoms with Crippen LogP contribution in [0.5, 0.6) is 5.75 Å². The van der Waals surface area contributed by atoms with Crippen molar-refractivity contribution in [1.82, 2.24) is 4.98 Å². The molecule has 0 unspecified atom stereocenters. The number of amides is 1. The van der Waals surface area contributed by atoms with E-state index in [1.165, 1.54) is 6.20 Å². The van der Waals surface area contributed by atoms with Gasteiger partial charge >= 0.3 is 0 Å². The third-order valence-electron chi connectivity index (χ3n) is 2.70. The zero-order valence-electron chi connectivity index (χ0n) is 11.1. The van der Waals surface area contributed by atoms with Crippen molar-refractivity contribution in [3.63, 3.8) is 0 Å². The van der Waals surface area contributed by atoms with Gasteiger partial charge in [0.1, 0.15) is 11.6 Å². The number of hydrogen-bond acceptors (Lipinski definition) is 4. The van der Waals surface area contributed by atoms with Gasteiger partial charge in [-0.1, -0.05) is 0 Å². The first-order chi connectivity index (χ1) is 9.63. The van der Waals surface area contributed by atoms with Crippen molar-refractivity contribution >= 4 is 33.3 Å². The van der Waals surface area contributed by atoms with E-state index in [-0.39, 0.29) is 5.91 Å². The van der Waals surface area contributed by atoms with Crippen molar-refractivity contribution in [3.05, 3.63) is 46.6 Å². The monoisotopic (exact) mass is 335 g/mol. The van der Waals surface area contributed by atoms with Gasteiger partial charge in [0.25, 0.3) is 5.91 Å². The molecule has 104 valence electrons. The van der Waals surface area contributed by atoms with Gasteiger partial charge in [-0.05, 0) is 40.2 Å². The lowest BCUT2D eigenvalue weighted by Crippen LogP contribution is -2.12. The molecule has 1 heterocycles. The summed E-state index contributed by atoms with van der Waals surface area (Å²) >= 11 is 3.39. The molecule has 0 fully saturated rings. The van der Waals surface area contributed by atoms with Crippen LogP contribution in [0.25, 0.3) is 0 Å². The lowest BCUT2D eigenvalue weighted by Gasteiger charge is -2.09. The summed E-state index contributed by atoms with van der Waals surface area (Å²) in [4.78, 5) is 16.2. The number of nitrogens with zero attached hydrogens (tertiary/aromatic N) is 1. The van der Waals surface area contributed by atoms with Gasteiger partial charge in [0.05, 0.1) is 18.4 Å². The number of nitrogens with one attached hydrogen (secondary N) is 2. The normalized spacial score (nSPS) is 9.95. The molecule has 1 amide bonds. The molecule has 1 aromatic heterocycles. The molecule has 0 bridgehead atoms. The number of anilines is 2. The number of hydrogen-bond donors (Lipinski definition) is 2. The number of rotatable bonds is 4. The SMILES string of the molecule is CNc1ccc(C(=O)Nc2cc(OC)ccc2Br)cn1. The number of halogens is 1. The topological polar surface area (TPSA) is 63.2 Å². The number of ether oxygens (including phenoxy) is 1. The minimum Gasteiger partial charge on any atom is -0.497 e. The van der Waals surface area contributed by atoms with E-state index >= 15 is 0 Å². The molecule has 2 aromatic rings. The van der Waals surface area contributed by atoms with Gasteiger partial charge in [-0.15, -0.1) is 0 Å². The highest BCUT2D eigenvalue weighted by molar-refractivity contribution is 9.10. The molecule has 5 nitrogen and oxygen atoms in total. The Morgan fingerprint density at radius 2 is 2.10 bits per heavy atom. The Labute approximate surface area is 125 Å². The maximum atomic E-state index is 12.1. The lowest BCUT2D eigenvalue weighted by atomic mass is 10.2. The number of methoxy groups -OCH3 is 1. The molecule has 0 aliphatic heterocycles. The molecule has 0 radical (unpaired) electrons. The van der Waals surface area contributed by atoms with Crippen LogP contribution in [-0.2, 0) is 0 Å². The van der Waals surface area contributed by atoms with Gasteiger partial charge in [0.15, 0.2) is 0 Å². The summed E-state index contributed by atoms with van der Waals surface area (Å²) in [5.41, 5.74) is 1.13. The quantitative estimate of drug-likeness (QED) is 0.900. The zero-order valence-corrected chi connectivity index (χ0v) is 12.7. The van der Waals surface area contributed by atoms with Gasteiger partial charge in [-0.25, -0.2) is 4.98 Å². The largest absolute Gasteiger partial charge is 0.497 e. The Bertz CT molecular complexity index is 614. The number of carbonyl (C=O) groups is 1. The van der Waals surface area contributed by atoms with Crippen molar-refractivity contribution in [2.75, 3.05) is 24.8 Å². The molecular formula is C14H14BrN3O2. The summed E-state index contributed by atoms with van der Waals surface area (Å²) in [6.45, 7) is 0. The zero-order chi connectivity index (χ0) is 14.5. The van der Waals surface area contributed by atoms with E-state index in [2.05, 4.69) is 31.5 Å². The third-order valence-corrected chi connectivity index (χ3v) is 3.40. The van der Waals surface area contributed by atoms with Crippen LogP contribution in [0.15, 0.2) is 41.0 Å². The molecule has 0 aliphatic rings. The van der Waals surface area contributed by atoms with Crippen LogP contribution in [0.3, 0.4) is 0 Å². The van der Waals surface area contributed by atoms with Crippen LogP contribution >= 0.6 is 15.9 Å². The summed E-state index contributed by atoms with van der Waals surface area (Å²) in [6.07, 6.45) is 1.52. The minimum atomic E-state index is -0.228. The van der Waals surface area contributed by atoms with Crippen LogP contribution in [0.1, 0.15) is 10.4 Å². The van der Waals surface area contributed by atoms with Crippen LogP contribution in [0.2, 0.25) is 0 Å². The van der Waals surface area contributed by atoms with E-state index in [1.807, 2.05) is 12.1 Å². The second-order valence-electron chi connectivity index (χ2n) is 3.98. The van der Waals surface area contributed by atoms with Crippen molar-refractivity contribution in [3.8, 4) is 5.75 Å². The van der Waals surface area contributed by atoms with Gasteiger partial charge < -0.3 is 15.4 Å². The maximum absolute atomic E-state index is 12.1. The predicted molar refractivity (Wildman–Crippen MR) is 82.4 cm³/mol. The number of benzene rings is 1. The molecule has 2 rings (SSSR count). The van der Waals surface area contributed by atoms with E-state index in [0.29, 0.717) is 22.8 Å². The summed E-state index contributed by atoms with van der Waals surface area (Å²) in [5, 5.41) is 5.71. The van der Waals surface area contributed by atoms with Crippen LogP contribution in [-0.4, -0.2) is 25.0 Å². The summed E-state index contributed by atoms with van der Waals surface area (Å²) in [6, 6.07) is 8.83. The Morgan fingerprint density at radius 1 is 1.30 bits per heavy atom. The van der Waals surface area contributed by atoms with Gasteiger partial charge in [-0.3, -0.25) is 4.79 Å². The van der Waals surface area contributed by atoms with Gasteiger partial charge in [0.2, 0.25) is 0 Å². The summed E-state index contributed by atoms with van der Waals surface area (Å²) < 4.78 is 5.92. The van der Waals surface area contributed by atoms with Crippen molar-refractivity contribution in [2.24, 2.45) is 0 Å². The van der Waals surface area contributed by atoms with Crippen molar-refractivity contribution in [1.29, 1.82) is 0 Å². The Kier molecular flexibility index (Phi) is 4.57. The molecule has 0 atom stereocenters. The molecule has 1 aromatic carbocycles. The third kappa shape index (κ3) is 3.27. The van der Waals surface area contributed by atoms with Crippen molar-refractivity contribution in [2.45, 2.75) is 0 Å². The van der Waals surface area contributed by atoms with E-state index in [4.69, 9.17) is 4.74 Å². The Balaban J connectivity index is 2.18. The molecular weight excluding hydrogens is 322 g/mol. The molecule has 0 saturated carbocycles. The minimum absolute atomic E-state index is 0.228. The maximum Gasteiger partial charge on any atom is 0.257 e. The standard InChI is InChI=1S/C14H14BrN3O2/c1-16-13-6-3-9(8-17-13)14(19)18-12-7-10(20-2)4-5-11(12)15/h3-8H,1-2H3,(H,16,17)(H,18,19). The highest BCUT2D eigenvalue weighted by Gasteiger charge is 2.09. The molecule has 20 heavy (non-hydrogen) atoms. The average molecular weight is 336 g/mol. The van der Waals surface area contributed by atoms with Crippen LogP contribution < -0.4 is 15.4 Å². The molecule has 0 spiro atoms. The predicted octanol–water partition coefficient (Wildman–Crippen LogP) is 3.15. The molecule has 6 heteroatoms.